The summed E-state index contributed by atoms with van der Waals surface area (Å²) in [6.07, 6.45) is 1.52. The van der Waals surface area contributed by atoms with Gasteiger partial charge in [0.25, 0.3) is 15.9 Å². The molecule has 3 N–H and O–H groups in total. The van der Waals surface area contributed by atoms with Crippen LogP contribution in [0.2, 0.25) is 0 Å². The van der Waals surface area contributed by atoms with Crippen LogP contribution in [-0.4, -0.2) is 25.5 Å². The molecule has 0 saturated heterocycles. The molecule has 0 aromatic heterocycles. The van der Waals surface area contributed by atoms with Crippen LogP contribution in [0.1, 0.15) is 95.5 Å². The lowest BCUT2D eigenvalue weighted by Gasteiger charge is -2.31. The molecule has 44 heavy (non-hydrogen) atoms. The van der Waals surface area contributed by atoms with Gasteiger partial charge in [0.05, 0.1) is 16.1 Å². The minimum absolute atomic E-state index is 0.000341. The van der Waals surface area contributed by atoms with E-state index in [-0.39, 0.29) is 45.2 Å². The average molecular weight is 620 g/mol. The first-order valence-electron chi connectivity index (χ1n) is 15.0. The lowest BCUT2D eigenvalue weighted by molar-refractivity contribution is -0.128. The Bertz CT molecular complexity index is 1660. The Kier molecular flexibility index (Phi) is 10.8. The predicted molar refractivity (Wildman–Crippen MR) is 174 cm³/mol. The Morgan fingerprint density at radius 1 is 1.00 bits per heavy atom. The molecule has 0 aliphatic heterocycles. The summed E-state index contributed by atoms with van der Waals surface area (Å²) >= 11 is 0. The topological polar surface area (TPSA) is 129 Å². The molecule has 0 aliphatic rings. The number of aryl methyl sites for hydroxylation is 1. The van der Waals surface area contributed by atoms with Crippen LogP contribution in [-0.2, 0) is 32.2 Å². The number of rotatable bonds is 13. The summed E-state index contributed by atoms with van der Waals surface area (Å²) in [6.45, 7) is 16.5. The average Bonchev–Trinajstić information content (AvgIpc) is 3.00. The third-order valence-corrected chi connectivity index (χ3v) is 10.1. The van der Waals surface area contributed by atoms with Gasteiger partial charge in [-0.3, -0.25) is 9.52 Å². The number of phenolic OH excluding ortho intramolecular Hbond substituents is 1. The highest BCUT2D eigenvalue weighted by Gasteiger charge is 2.29. The van der Waals surface area contributed by atoms with Crippen LogP contribution in [0.15, 0.2) is 59.5 Å². The van der Waals surface area contributed by atoms with Crippen LogP contribution in [0, 0.1) is 18.3 Å². The molecule has 3 aromatic carbocycles. The largest absolute Gasteiger partial charge is 0.506 e. The second kappa shape index (κ2) is 13.7. The number of sulfonamides is 1. The Morgan fingerprint density at radius 2 is 1.66 bits per heavy atom. The van der Waals surface area contributed by atoms with Gasteiger partial charge in [0.1, 0.15) is 17.6 Å². The maximum atomic E-state index is 13.4. The van der Waals surface area contributed by atoms with Crippen molar-refractivity contribution in [2.75, 3.05) is 4.72 Å². The molecule has 0 radical (unpaired) electrons. The molecule has 0 aliphatic carbocycles. The van der Waals surface area contributed by atoms with E-state index in [0.29, 0.717) is 23.3 Å². The smallest absolute Gasteiger partial charge is 0.262 e. The number of nitriles is 1. The van der Waals surface area contributed by atoms with Gasteiger partial charge in [-0.2, -0.15) is 5.26 Å². The molecule has 0 bridgehead atoms. The Labute approximate surface area is 262 Å². The number of benzene rings is 3. The minimum Gasteiger partial charge on any atom is -0.506 e. The summed E-state index contributed by atoms with van der Waals surface area (Å²) in [5, 5.41) is 22.2. The van der Waals surface area contributed by atoms with Crippen LogP contribution in [0.3, 0.4) is 0 Å². The van der Waals surface area contributed by atoms with Crippen molar-refractivity contribution in [2.45, 2.75) is 103 Å². The quantitative estimate of drug-likeness (QED) is 0.173. The molecular formula is C35H45N3O5S. The molecule has 0 saturated carbocycles. The third-order valence-electron chi connectivity index (χ3n) is 8.58. The van der Waals surface area contributed by atoms with Gasteiger partial charge in [0.2, 0.25) is 0 Å². The van der Waals surface area contributed by atoms with Gasteiger partial charge in [-0.25, -0.2) is 8.42 Å². The maximum Gasteiger partial charge on any atom is 0.262 e. The highest BCUT2D eigenvalue weighted by Crippen LogP contribution is 2.39. The number of carbonyl (C=O) groups excluding carboxylic acids is 1. The van der Waals surface area contributed by atoms with E-state index in [9.17, 15) is 23.6 Å². The van der Waals surface area contributed by atoms with Crippen molar-refractivity contribution in [3.05, 3.63) is 82.4 Å². The SMILES string of the molecule is CCC(Oc1ccc(C(C)(C)CC)cc1C(C)(C)CC)C(=O)NCc1ccccc1S(=O)(=O)Nc1cc(C)c(O)c(C#N)c1. The molecule has 9 heteroatoms. The maximum absolute atomic E-state index is 13.4. The molecule has 0 fully saturated rings. The van der Waals surface area contributed by atoms with E-state index in [1.54, 1.807) is 25.1 Å². The van der Waals surface area contributed by atoms with E-state index in [1.165, 1.54) is 23.8 Å². The molecule has 0 spiro atoms. The monoisotopic (exact) mass is 619 g/mol. The van der Waals surface area contributed by atoms with Crippen molar-refractivity contribution < 1.29 is 23.1 Å². The Balaban J connectivity index is 1.84. The van der Waals surface area contributed by atoms with Gasteiger partial charge < -0.3 is 15.2 Å². The zero-order valence-electron chi connectivity index (χ0n) is 27.0. The van der Waals surface area contributed by atoms with Gasteiger partial charge >= 0.3 is 0 Å². The van der Waals surface area contributed by atoms with Crippen LogP contribution in [0.5, 0.6) is 11.5 Å². The summed E-state index contributed by atoms with van der Waals surface area (Å²) in [5.74, 6) is 0.124. The van der Waals surface area contributed by atoms with Crippen LogP contribution < -0.4 is 14.8 Å². The van der Waals surface area contributed by atoms with Crippen LogP contribution in [0.4, 0.5) is 5.69 Å². The van der Waals surface area contributed by atoms with Gasteiger partial charge in [-0.15, -0.1) is 0 Å². The zero-order chi connectivity index (χ0) is 32.9. The standard InChI is InChI=1S/C35H45N3O5S/c1-9-29(43-30-17-16-26(34(5,6)10-2)20-28(30)35(7,8)11-3)33(40)37-22-24-14-12-13-15-31(24)44(41,42)38-27-18-23(4)32(39)25(19-27)21-36/h12-20,29,38-39H,9-11,22H2,1-8H3,(H,37,40). The van der Waals surface area contributed by atoms with Crippen molar-refractivity contribution in [1.82, 2.24) is 5.32 Å². The first-order chi connectivity index (χ1) is 20.6. The highest BCUT2D eigenvalue weighted by molar-refractivity contribution is 7.92. The number of aromatic hydroxyl groups is 1. The fraction of sp³-hybridized carbons (Fsp3) is 0.429. The molecule has 8 nitrogen and oxygen atoms in total. The molecule has 3 rings (SSSR count). The molecule has 1 unspecified atom stereocenters. The van der Waals surface area contributed by atoms with E-state index in [0.717, 1.165) is 18.4 Å². The molecule has 0 heterocycles. The number of hydrogen-bond donors (Lipinski definition) is 3. The highest BCUT2D eigenvalue weighted by atomic mass is 32.2. The zero-order valence-corrected chi connectivity index (χ0v) is 27.9. The molecule has 3 aromatic rings. The minimum atomic E-state index is -4.09. The lowest BCUT2D eigenvalue weighted by Crippen LogP contribution is -2.38. The van der Waals surface area contributed by atoms with Crippen LogP contribution in [0.25, 0.3) is 0 Å². The number of ether oxygens (including phenoxy) is 1. The van der Waals surface area contributed by atoms with E-state index in [1.807, 2.05) is 19.1 Å². The van der Waals surface area contributed by atoms with Gasteiger partial charge in [-0.1, -0.05) is 78.8 Å². The fourth-order valence-corrected chi connectivity index (χ4v) is 6.08. The first kappa shape index (κ1) is 34.5. The normalized spacial score (nSPS) is 12.7. The number of amides is 1. The lowest BCUT2D eigenvalue weighted by atomic mass is 9.76. The number of carbonyl (C=O) groups is 1. The number of phenols is 1. The first-order valence-corrected chi connectivity index (χ1v) is 16.5. The second-order valence-corrected chi connectivity index (χ2v) is 14.1. The summed E-state index contributed by atoms with van der Waals surface area (Å²) in [5.41, 5.74) is 2.96. The second-order valence-electron chi connectivity index (χ2n) is 12.4. The predicted octanol–water partition coefficient (Wildman–Crippen LogP) is 7.22. The van der Waals surface area contributed by atoms with E-state index >= 15 is 0 Å². The summed E-state index contributed by atoms with van der Waals surface area (Å²) in [7, 11) is -4.09. The number of nitrogens with zero attached hydrogens (tertiary/aromatic N) is 1. The third kappa shape index (κ3) is 7.72. The summed E-state index contributed by atoms with van der Waals surface area (Å²) < 4.78 is 35.6. The Morgan fingerprint density at radius 3 is 2.27 bits per heavy atom. The van der Waals surface area contributed by atoms with Gasteiger partial charge in [0.15, 0.2) is 6.10 Å². The molecule has 236 valence electrons. The number of anilines is 1. The van der Waals surface area contributed by atoms with Crippen molar-refractivity contribution in [1.29, 1.82) is 5.26 Å². The Hall–Kier alpha value is -4.03. The van der Waals surface area contributed by atoms with Crippen LogP contribution >= 0.6 is 0 Å². The van der Waals surface area contributed by atoms with E-state index in [2.05, 4.69) is 63.7 Å². The van der Waals surface area contributed by atoms with Crippen molar-refractivity contribution in [3.63, 3.8) is 0 Å². The number of nitrogens with one attached hydrogen (secondary N) is 2. The molecular weight excluding hydrogens is 574 g/mol. The number of hydrogen-bond acceptors (Lipinski definition) is 6. The van der Waals surface area contributed by atoms with Gasteiger partial charge in [0, 0.05) is 12.1 Å². The fourth-order valence-electron chi connectivity index (χ4n) is 4.79. The summed E-state index contributed by atoms with van der Waals surface area (Å²) in [4.78, 5) is 13.4. The van der Waals surface area contributed by atoms with Crippen molar-refractivity contribution >= 4 is 21.6 Å². The van der Waals surface area contributed by atoms with E-state index in [4.69, 9.17) is 4.74 Å². The molecule has 1 atom stereocenters. The van der Waals surface area contributed by atoms with Gasteiger partial charge in [-0.05, 0) is 78.0 Å². The van der Waals surface area contributed by atoms with Crippen molar-refractivity contribution in [2.24, 2.45) is 0 Å². The molecule has 1 amide bonds. The summed E-state index contributed by atoms with van der Waals surface area (Å²) in [6, 6.07) is 17.2. The van der Waals surface area contributed by atoms with E-state index < -0.39 is 16.1 Å². The van der Waals surface area contributed by atoms with Crippen molar-refractivity contribution in [3.8, 4) is 17.6 Å².